The van der Waals surface area contributed by atoms with E-state index < -0.39 is 10.8 Å². The van der Waals surface area contributed by atoms with Crippen LogP contribution in [-0.2, 0) is 4.79 Å². The number of furan rings is 1. The number of benzene rings is 1. The molecule has 0 unspecified atom stereocenters. The number of thioether (sulfide) groups is 1. The van der Waals surface area contributed by atoms with Crippen molar-refractivity contribution < 1.29 is 14.1 Å². The minimum atomic E-state index is -0.661. The number of hydrogen-bond acceptors (Lipinski definition) is 7. The Kier molecular flexibility index (Phi) is 4.98. The van der Waals surface area contributed by atoms with E-state index in [1.165, 1.54) is 18.3 Å². The first-order valence-electron chi connectivity index (χ1n) is 6.76. The summed E-state index contributed by atoms with van der Waals surface area (Å²) in [5.41, 5.74) is 0.801. The smallest absolute Gasteiger partial charge is 0.400 e. The second kappa shape index (κ2) is 7.18. The van der Waals surface area contributed by atoms with Gasteiger partial charge in [0.15, 0.2) is 10.1 Å². The summed E-state index contributed by atoms with van der Waals surface area (Å²) in [6.45, 7) is 0. The van der Waals surface area contributed by atoms with E-state index in [-0.39, 0.29) is 16.0 Å². The van der Waals surface area contributed by atoms with E-state index in [9.17, 15) is 14.9 Å². The molecule has 0 atom stereocenters. The van der Waals surface area contributed by atoms with Gasteiger partial charge in [0.2, 0.25) is 0 Å². The number of nitro groups is 1. The van der Waals surface area contributed by atoms with Gasteiger partial charge in [0.1, 0.15) is 4.92 Å². The summed E-state index contributed by atoms with van der Waals surface area (Å²) in [6.07, 6.45) is 2.88. The Balaban J connectivity index is 1.77. The highest BCUT2D eigenvalue weighted by atomic mass is 35.5. The van der Waals surface area contributed by atoms with Crippen LogP contribution in [0.15, 0.2) is 50.8 Å². The zero-order valence-electron chi connectivity index (χ0n) is 12.3. The van der Waals surface area contributed by atoms with Crippen LogP contribution in [0.3, 0.4) is 0 Å². The molecule has 1 aliphatic heterocycles. The van der Waals surface area contributed by atoms with E-state index in [0.29, 0.717) is 9.93 Å². The van der Waals surface area contributed by atoms with Gasteiger partial charge in [0.05, 0.1) is 17.2 Å². The molecule has 0 bridgehead atoms. The number of nitrogens with zero attached hydrogens (tertiary/aromatic N) is 3. The number of hydrogen-bond donors (Lipinski definition) is 0. The molecule has 1 fully saturated rings. The minimum Gasteiger partial charge on any atom is -0.400 e. The van der Waals surface area contributed by atoms with E-state index in [4.69, 9.17) is 28.2 Å². The fourth-order valence-corrected chi connectivity index (χ4v) is 3.19. The van der Waals surface area contributed by atoms with Gasteiger partial charge in [-0.15, -0.1) is 0 Å². The van der Waals surface area contributed by atoms with Crippen LogP contribution in [0.25, 0.3) is 6.08 Å². The first kappa shape index (κ1) is 17.3. The Morgan fingerprint density at radius 2 is 2.00 bits per heavy atom. The van der Waals surface area contributed by atoms with Crippen LogP contribution in [0.4, 0.5) is 5.88 Å². The summed E-state index contributed by atoms with van der Waals surface area (Å²) < 4.78 is 5.20. The zero-order chi connectivity index (χ0) is 18.0. The summed E-state index contributed by atoms with van der Waals surface area (Å²) in [5.74, 6) is -0.654. The Morgan fingerprint density at radius 1 is 1.28 bits per heavy atom. The quantitative estimate of drug-likeness (QED) is 0.256. The first-order chi connectivity index (χ1) is 11.9. The third-order valence-corrected chi connectivity index (χ3v) is 4.57. The molecule has 0 aliphatic carbocycles. The van der Waals surface area contributed by atoms with Crippen molar-refractivity contribution in [1.82, 2.24) is 5.01 Å². The predicted molar refractivity (Wildman–Crippen MR) is 99.4 cm³/mol. The van der Waals surface area contributed by atoms with Gasteiger partial charge in [-0.1, -0.05) is 35.5 Å². The Hall–Kier alpha value is -2.49. The molecule has 3 rings (SSSR count). The predicted octanol–water partition coefficient (Wildman–Crippen LogP) is 4.08. The molecule has 2 heterocycles. The van der Waals surface area contributed by atoms with Crippen molar-refractivity contribution in [3.05, 3.63) is 67.8 Å². The normalized spacial score (nSPS) is 16.4. The van der Waals surface area contributed by atoms with Gasteiger partial charge in [0.25, 0.3) is 5.91 Å². The highest BCUT2D eigenvalue weighted by Crippen LogP contribution is 2.33. The van der Waals surface area contributed by atoms with Crippen LogP contribution in [0.2, 0.25) is 5.02 Å². The molecule has 1 saturated heterocycles. The molecule has 0 spiro atoms. The average molecular weight is 394 g/mol. The lowest BCUT2D eigenvalue weighted by Crippen LogP contribution is -2.22. The fourth-order valence-electron chi connectivity index (χ4n) is 1.89. The van der Waals surface area contributed by atoms with E-state index in [1.54, 1.807) is 30.3 Å². The molecule has 1 aromatic carbocycles. The lowest BCUT2D eigenvalue weighted by atomic mass is 10.2. The van der Waals surface area contributed by atoms with Crippen molar-refractivity contribution in [3.8, 4) is 0 Å². The van der Waals surface area contributed by atoms with Gasteiger partial charge in [-0.2, -0.15) is 10.1 Å². The van der Waals surface area contributed by atoms with Gasteiger partial charge >= 0.3 is 5.88 Å². The summed E-state index contributed by atoms with van der Waals surface area (Å²) >= 11 is 12.1. The molecular formula is C15H8ClN3O4S2. The van der Waals surface area contributed by atoms with Crippen molar-refractivity contribution in [2.24, 2.45) is 5.10 Å². The van der Waals surface area contributed by atoms with E-state index >= 15 is 0 Å². The third kappa shape index (κ3) is 3.95. The number of thiocarbonyl (C=S) groups is 1. The molecule has 0 N–H and O–H groups in total. The third-order valence-electron chi connectivity index (χ3n) is 3.03. The second-order valence-electron chi connectivity index (χ2n) is 4.72. The lowest BCUT2D eigenvalue weighted by molar-refractivity contribution is -0.402. The zero-order valence-corrected chi connectivity index (χ0v) is 14.7. The molecule has 25 heavy (non-hydrogen) atoms. The standard InChI is InChI=1S/C15H8ClN3O4S2/c16-10-3-1-9(2-4-10)7-12-14(20)18(15(24)25-12)17-8-11-5-6-13(23-11)19(21)22/h1-8H/b12-7+,17-8+. The molecule has 126 valence electrons. The van der Waals surface area contributed by atoms with Crippen LogP contribution in [-0.4, -0.2) is 26.4 Å². The van der Waals surface area contributed by atoms with Crippen molar-refractivity contribution in [1.29, 1.82) is 0 Å². The maximum atomic E-state index is 12.4. The monoisotopic (exact) mass is 393 g/mol. The Morgan fingerprint density at radius 3 is 2.64 bits per heavy atom. The molecule has 1 aromatic heterocycles. The molecule has 0 saturated carbocycles. The van der Waals surface area contributed by atoms with Crippen molar-refractivity contribution in [3.63, 3.8) is 0 Å². The number of halogens is 1. The number of rotatable bonds is 4. The maximum absolute atomic E-state index is 12.4. The molecule has 7 nitrogen and oxygen atoms in total. The van der Waals surface area contributed by atoms with Crippen LogP contribution < -0.4 is 0 Å². The molecule has 2 aromatic rings. The molecule has 0 radical (unpaired) electrons. The van der Waals surface area contributed by atoms with Crippen molar-refractivity contribution >= 4 is 64.0 Å². The highest BCUT2D eigenvalue weighted by molar-refractivity contribution is 8.26. The largest absolute Gasteiger partial charge is 0.433 e. The Labute approximate surface area is 156 Å². The SMILES string of the molecule is O=C1/C(=C\c2ccc(Cl)cc2)SC(=S)N1/N=C/c1ccc([N+](=O)[O-])o1. The van der Waals surface area contributed by atoms with E-state index in [2.05, 4.69) is 5.10 Å². The molecule has 1 amide bonds. The van der Waals surface area contributed by atoms with Gasteiger partial charge in [-0.3, -0.25) is 14.9 Å². The minimum absolute atomic E-state index is 0.141. The van der Waals surface area contributed by atoms with Crippen LogP contribution >= 0.6 is 35.6 Å². The van der Waals surface area contributed by atoms with Crippen LogP contribution in [0.5, 0.6) is 0 Å². The fraction of sp³-hybridized carbons (Fsp3) is 0. The van der Waals surface area contributed by atoms with Gasteiger partial charge in [0, 0.05) is 5.02 Å². The summed E-state index contributed by atoms with van der Waals surface area (Å²) in [6, 6.07) is 9.57. The van der Waals surface area contributed by atoms with Gasteiger partial charge in [-0.05, 0) is 42.1 Å². The van der Waals surface area contributed by atoms with E-state index in [1.807, 2.05) is 0 Å². The lowest BCUT2D eigenvalue weighted by Gasteiger charge is -2.05. The first-order valence-corrected chi connectivity index (χ1v) is 8.36. The van der Waals surface area contributed by atoms with Crippen LogP contribution in [0, 0.1) is 10.1 Å². The van der Waals surface area contributed by atoms with Gasteiger partial charge < -0.3 is 4.42 Å². The number of carbonyl (C=O) groups is 1. The number of amides is 1. The molecule has 10 heteroatoms. The molecule has 1 aliphatic rings. The highest BCUT2D eigenvalue weighted by Gasteiger charge is 2.32. The molecular weight excluding hydrogens is 386 g/mol. The van der Waals surface area contributed by atoms with Crippen molar-refractivity contribution in [2.45, 2.75) is 0 Å². The summed E-state index contributed by atoms with van der Waals surface area (Å²) in [5, 5.41) is 16.2. The van der Waals surface area contributed by atoms with Crippen LogP contribution in [0.1, 0.15) is 11.3 Å². The summed E-state index contributed by atoms with van der Waals surface area (Å²) in [7, 11) is 0. The topological polar surface area (TPSA) is 89.0 Å². The number of hydrazone groups is 1. The van der Waals surface area contributed by atoms with Gasteiger partial charge in [-0.25, -0.2) is 0 Å². The number of carbonyl (C=O) groups excluding carboxylic acids is 1. The maximum Gasteiger partial charge on any atom is 0.433 e. The van der Waals surface area contributed by atoms with Crippen molar-refractivity contribution in [2.75, 3.05) is 0 Å². The second-order valence-corrected chi connectivity index (χ2v) is 6.83. The Bertz CT molecular complexity index is 921. The summed E-state index contributed by atoms with van der Waals surface area (Å²) in [4.78, 5) is 22.7. The van der Waals surface area contributed by atoms with E-state index in [0.717, 1.165) is 22.3 Å². The average Bonchev–Trinajstić information content (AvgIpc) is 3.14.